The fourth-order valence-electron chi connectivity index (χ4n) is 1.85. The van der Waals surface area contributed by atoms with Crippen LogP contribution in [0.5, 0.6) is 0 Å². The first-order valence-electron chi connectivity index (χ1n) is 5.72. The molecule has 0 atom stereocenters. The number of thiophene rings is 1. The minimum atomic E-state index is -0.0194. The lowest BCUT2D eigenvalue weighted by molar-refractivity contribution is 0.580. The lowest BCUT2D eigenvalue weighted by Gasteiger charge is -2.27. The number of rotatable bonds is 3. The molecule has 1 aromatic rings. The monoisotopic (exact) mass is 251 g/mol. The Morgan fingerprint density at radius 3 is 2.71 bits per heavy atom. The molecule has 5 nitrogen and oxygen atoms in total. The van der Waals surface area contributed by atoms with Crippen molar-refractivity contribution < 1.29 is 0 Å². The Morgan fingerprint density at radius 1 is 1.24 bits per heavy atom. The first-order chi connectivity index (χ1) is 8.25. The smallest absolute Gasteiger partial charge is 0.211 e. The van der Waals surface area contributed by atoms with E-state index in [0.717, 1.165) is 18.0 Å². The molecule has 1 aliphatic rings. The summed E-state index contributed by atoms with van der Waals surface area (Å²) in [5.74, 6) is -0.0194. The van der Waals surface area contributed by atoms with E-state index in [1.807, 2.05) is 6.07 Å². The minimum absolute atomic E-state index is 0.0194. The molecule has 1 aromatic heterocycles. The highest BCUT2D eigenvalue weighted by molar-refractivity contribution is 7.17. The van der Waals surface area contributed by atoms with Crippen LogP contribution in [0.3, 0.4) is 0 Å². The normalized spacial score (nSPS) is 16.4. The second-order valence-electron chi connectivity index (χ2n) is 3.99. The van der Waals surface area contributed by atoms with Crippen molar-refractivity contribution in [2.75, 3.05) is 18.0 Å². The van der Waals surface area contributed by atoms with E-state index in [-0.39, 0.29) is 5.96 Å². The van der Waals surface area contributed by atoms with Crippen LogP contribution in [0.4, 0.5) is 5.00 Å². The first-order valence-corrected chi connectivity index (χ1v) is 6.54. The molecule has 0 aromatic carbocycles. The van der Waals surface area contributed by atoms with Gasteiger partial charge in [-0.25, -0.2) is 0 Å². The van der Waals surface area contributed by atoms with Crippen molar-refractivity contribution in [2.45, 2.75) is 19.3 Å². The molecule has 0 aliphatic carbocycles. The molecule has 0 amide bonds. The summed E-state index contributed by atoms with van der Waals surface area (Å²) in [4.78, 5) is 3.49. The molecule has 0 spiro atoms. The molecule has 4 N–H and O–H groups in total. The van der Waals surface area contributed by atoms with E-state index in [4.69, 9.17) is 11.5 Å². The Hall–Kier alpha value is -1.56. The molecule has 17 heavy (non-hydrogen) atoms. The molecule has 2 heterocycles. The molecule has 0 bridgehead atoms. The Morgan fingerprint density at radius 2 is 2.00 bits per heavy atom. The van der Waals surface area contributed by atoms with Crippen LogP contribution in [0, 0.1) is 0 Å². The third-order valence-electron chi connectivity index (χ3n) is 2.64. The van der Waals surface area contributed by atoms with Crippen LogP contribution in [-0.4, -0.2) is 25.3 Å². The zero-order chi connectivity index (χ0) is 12.1. The van der Waals surface area contributed by atoms with Crippen molar-refractivity contribution in [2.24, 2.45) is 21.7 Å². The number of guanidine groups is 1. The van der Waals surface area contributed by atoms with Crippen molar-refractivity contribution >= 4 is 28.5 Å². The average Bonchev–Trinajstić information content (AvgIpc) is 2.78. The van der Waals surface area contributed by atoms with E-state index in [1.54, 1.807) is 17.6 Å². The number of anilines is 1. The Balaban J connectivity index is 2.00. The maximum atomic E-state index is 5.19. The zero-order valence-corrected chi connectivity index (χ0v) is 10.5. The van der Waals surface area contributed by atoms with Crippen molar-refractivity contribution in [3.05, 3.63) is 17.0 Å². The van der Waals surface area contributed by atoms with E-state index >= 15 is 0 Å². The minimum Gasteiger partial charge on any atom is -0.369 e. The van der Waals surface area contributed by atoms with Gasteiger partial charge < -0.3 is 16.4 Å². The van der Waals surface area contributed by atoms with Crippen LogP contribution < -0.4 is 16.4 Å². The molecule has 1 saturated heterocycles. The maximum absolute atomic E-state index is 5.19. The van der Waals surface area contributed by atoms with Crippen LogP contribution >= 0.6 is 11.3 Å². The van der Waals surface area contributed by atoms with Gasteiger partial charge in [-0.15, -0.1) is 16.4 Å². The summed E-state index contributed by atoms with van der Waals surface area (Å²) in [5, 5.41) is 8.68. The van der Waals surface area contributed by atoms with Crippen molar-refractivity contribution in [1.82, 2.24) is 0 Å². The standard InChI is InChI=1S/C11H17N5S/c12-11(13)15-14-8-9-4-5-10(17-9)16-6-2-1-3-7-16/h4-5,8H,1-3,6-7H2,(H4,12,13,15)/b14-8+. The predicted molar refractivity (Wildman–Crippen MR) is 73.8 cm³/mol. The second-order valence-corrected chi connectivity index (χ2v) is 5.09. The van der Waals surface area contributed by atoms with Gasteiger partial charge in [0.1, 0.15) is 0 Å². The van der Waals surface area contributed by atoms with E-state index < -0.39 is 0 Å². The molecule has 0 unspecified atom stereocenters. The quantitative estimate of drug-likeness (QED) is 0.483. The Bertz CT molecular complexity index is 413. The van der Waals surface area contributed by atoms with E-state index in [9.17, 15) is 0 Å². The van der Waals surface area contributed by atoms with Gasteiger partial charge in [-0.2, -0.15) is 5.10 Å². The first kappa shape index (κ1) is 11.9. The molecule has 92 valence electrons. The number of nitrogens with zero attached hydrogens (tertiary/aromatic N) is 3. The van der Waals surface area contributed by atoms with Crippen LogP contribution in [0.1, 0.15) is 24.1 Å². The topological polar surface area (TPSA) is 80.0 Å². The molecule has 0 saturated carbocycles. The number of hydrogen-bond acceptors (Lipinski definition) is 4. The molecular formula is C11H17N5S. The maximum Gasteiger partial charge on any atom is 0.211 e. The highest BCUT2D eigenvalue weighted by Gasteiger charge is 2.12. The summed E-state index contributed by atoms with van der Waals surface area (Å²) in [6.45, 7) is 2.32. The number of hydrogen-bond donors (Lipinski definition) is 2. The zero-order valence-electron chi connectivity index (χ0n) is 9.67. The Labute approximate surface area is 105 Å². The summed E-state index contributed by atoms with van der Waals surface area (Å²) in [6, 6.07) is 4.17. The molecule has 0 radical (unpaired) electrons. The molecule has 2 rings (SSSR count). The number of nitrogens with two attached hydrogens (primary N) is 2. The van der Waals surface area contributed by atoms with Crippen LogP contribution in [0.25, 0.3) is 0 Å². The summed E-state index contributed by atoms with van der Waals surface area (Å²) >= 11 is 1.72. The van der Waals surface area contributed by atoms with E-state index in [1.165, 1.54) is 24.3 Å². The molecule has 1 fully saturated rings. The van der Waals surface area contributed by atoms with Gasteiger partial charge in [-0.05, 0) is 31.4 Å². The van der Waals surface area contributed by atoms with Crippen molar-refractivity contribution in [1.29, 1.82) is 0 Å². The van der Waals surface area contributed by atoms with E-state index in [0.29, 0.717) is 0 Å². The third kappa shape index (κ3) is 3.45. The molecule has 1 aliphatic heterocycles. The third-order valence-corrected chi connectivity index (χ3v) is 3.72. The second kappa shape index (κ2) is 5.67. The summed E-state index contributed by atoms with van der Waals surface area (Å²) in [6.07, 6.45) is 5.60. The van der Waals surface area contributed by atoms with Gasteiger partial charge in [0.25, 0.3) is 0 Å². The molecule has 6 heteroatoms. The van der Waals surface area contributed by atoms with Gasteiger partial charge in [-0.1, -0.05) is 0 Å². The van der Waals surface area contributed by atoms with Gasteiger partial charge >= 0.3 is 0 Å². The largest absolute Gasteiger partial charge is 0.369 e. The lowest BCUT2D eigenvalue weighted by atomic mass is 10.1. The fourth-order valence-corrected chi connectivity index (χ4v) is 2.77. The van der Waals surface area contributed by atoms with Crippen molar-refractivity contribution in [3.8, 4) is 0 Å². The lowest BCUT2D eigenvalue weighted by Crippen LogP contribution is -2.28. The highest BCUT2D eigenvalue weighted by atomic mass is 32.1. The fraction of sp³-hybridized carbons (Fsp3) is 0.455. The number of piperidine rings is 1. The summed E-state index contributed by atoms with van der Waals surface area (Å²) in [5.41, 5.74) is 10.4. The van der Waals surface area contributed by atoms with Gasteiger partial charge in [0.2, 0.25) is 5.96 Å². The van der Waals surface area contributed by atoms with Gasteiger partial charge in [0.05, 0.1) is 11.2 Å². The molecular weight excluding hydrogens is 234 g/mol. The van der Waals surface area contributed by atoms with Crippen LogP contribution in [0.15, 0.2) is 22.3 Å². The van der Waals surface area contributed by atoms with Crippen LogP contribution in [0.2, 0.25) is 0 Å². The van der Waals surface area contributed by atoms with Gasteiger partial charge in [-0.3, -0.25) is 0 Å². The van der Waals surface area contributed by atoms with E-state index in [2.05, 4.69) is 21.2 Å². The Kier molecular flexibility index (Phi) is 3.98. The SMILES string of the molecule is NC(N)=N/N=C/c1ccc(N2CCCCC2)s1. The van der Waals surface area contributed by atoms with Gasteiger partial charge in [0, 0.05) is 18.0 Å². The van der Waals surface area contributed by atoms with Crippen LogP contribution in [-0.2, 0) is 0 Å². The predicted octanol–water partition coefficient (Wildman–Crippen LogP) is 1.35. The van der Waals surface area contributed by atoms with Gasteiger partial charge in [0.15, 0.2) is 0 Å². The summed E-state index contributed by atoms with van der Waals surface area (Å²) < 4.78 is 0. The summed E-state index contributed by atoms with van der Waals surface area (Å²) in [7, 11) is 0. The highest BCUT2D eigenvalue weighted by Crippen LogP contribution is 2.27. The van der Waals surface area contributed by atoms with Crippen molar-refractivity contribution in [3.63, 3.8) is 0 Å². The average molecular weight is 251 g/mol.